The number of ether oxygens (including phenoxy) is 3. The van der Waals surface area contributed by atoms with Gasteiger partial charge in [0.15, 0.2) is 11.5 Å². The molecule has 0 aromatic heterocycles. The maximum absolute atomic E-state index is 11.6. The number of methoxy groups -OCH3 is 2. The summed E-state index contributed by atoms with van der Waals surface area (Å²) in [5.41, 5.74) is -0.172. The standard InChI is InChI=1S/C12H11NO7/c1-4-5-19-11-7-9(20-13(15)16)8(12(14)18-3)6-10(11)17-2/h1,6-7H,5H2,2-3H3. The quantitative estimate of drug-likeness (QED) is 0.333. The van der Waals surface area contributed by atoms with Gasteiger partial charge in [0, 0.05) is 12.1 Å². The number of rotatable bonds is 6. The molecule has 0 atom stereocenters. The lowest BCUT2D eigenvalue weighted by Crippen LogP contribution is -2.11. The van der Waals surface area contributed by atoms with Gasteiger partial charge in [-0.05, 0) is 0 Å². The van der Waals surface area contributed by atoms with Crippen molar-refractivity contribution >= 4 is 5.97 Å². The fraction of sp³-hybridized carbons (Fsp3) is 0.250. The zero-order chi connectivity index (χ0) is 15.1. The lowest BCUT2D eigenvalue weighted by atomic mass is 10.1. The van der Waals surface area contributed by atoms with Crippen LogP contribution in [0.2, 0.25) is 0 Å². The van der Waals surface area contributed by atoms with Gasteiger partial charge in [0.1, 0.15) is 12.4 Å². The van der Waals surface area contributed by atoms with Crippen molar-refractivity contribution in [2.75, 3.05) is 20.8 Å². The van der Waals surface area contributed by atoms with Crippen LogP contribution in [0, 0.1) is 22.5 Å². The number of carbonyl (C=O) groups excluding carboxylic acids is 1. The zero-order valence-corrected chi connectivity index (χ0v) is 10.7. The molecular formula is C12H11NO7. The van der Waals surface area contributed by atoms with Gasteiger partial charge in [0.05, 0.1) is 19.8 Å². The summed E-state index contributed by atoms with van der Waals surface area (Å²) in [5, 5.41) is 9.38. The van der Waals surface area contributed by atoms with Crippen LogP contribution >= 0.6 is 0 Å². The average molecular weight is 281 g/mol. The third kappa shape index (κ3) is 3.52. The molecule has 0 saturated heterocycles. The lowest BCUT2D eigenvalue weighted by Gasteiger charge is -2.13. The Morgan fingerprint density at radius 1 is 1.35 bits per heavy atom. The largest absolute Gasteiger partial charge is 0.493 e. The Hall–Kier alpha value is -2.95. The van der Waals surface area contributed by atoms with Crippen LogP contribution in [0.15, 0.2) is 12.1 Å². The number of hydrogen-bond donors (Lipinski definition) is 0. The molecule has 1 aromatic rings. The number of carbonyl (C=O) groups is 1. The molecule has 0 aliphatic heterocycles. The van der Waals surface area contributed by atoms with Crippen LogP contribution in [0.5, 0.6) is 17.2 Å². The second-order valence-corrected chi connectivity index (χ2v) is 3.30. The first-order valence-corrected chi connectivity index (χ1v) is 5.22. The Labute approximate surface area is 114 Å². The predicted molar refractivity (Wildman–Crippen MR) is 66.3 cm³/mol. The van der Waals surface area contributed by atoms with Crippen molar-refractivity contribution in [3.05, 3.63) is 27.8 Å². The highest BCUT2D eigenvalue weighted by Crippen LogP contribution is 2.35. The summed E-state index contributed by atoms with van der Waals surface area (Å²) in [7, 11) is 2.47. The van der Waals surface area contributed by atoms with E-state index in [9.17, 15) is 14.9 Å². The maximum atomic E-state index is 11.6. The second kappa shape index (κ2) is 6.84. The van der Waals surface area contributed by atoms with E-state index in [4.69, 9.17) is 15.9 Å². The van der Waals surface area contributed by atoms with Gasteiger partial charge < -0.3 is 14.2 Å². The number of esters is 1. The number of terminal acetylenes is 1. The molecule has 8 nitrogen and oxygen atoms in total. The molecule has 0 aliphatic rings. The second-order valence-electron chi connectivity index (χ2n) is 3.30. The van der Waals surface area contributed by atoms with E-state index >= 15 is 0 Å². The molecule has 1 aromatic carbocycles. The molecule has 0 N–H and O–H groups in total. The number of benzene rings is 1. The predicted octanol–water partition coefficient (Wildman–Crippen LogP) is 1.06. The van der Waals surface area contributed by atoms with Crippen molar-refractivity contribution in [1.82, 2.24) is 0 Å². The fourth-order valence-corrected chi connectivity index (χ4v) is 1.36. The normalized spacial score (nSPS) is 9.25. The first kappa shape index (κ1) is 15.1. The molecule has 0 spiro atoms. The molecular weight excluding hydrogens is 270 g/mol. The monoisotopic (exact) mass is 281 g/mol. The summed E-state index contributed by atoms with van der Waals surface area (Å²) in [6.45, 7) is -0.0775. The van der Waals surface area contributed by atoms with Crippen LogP contribution < -0.4 is 14.3 Å². The van der Waals surface area contributed by atoms with Gasteiger partial charge in [-0.15, -0.1) is 16.5 Å². The van der Waals surface area contributed by atoms with E-state index in [1.54, 1.807) is 0 Å². The van der Waals surface area contributed by atoms with Gasteiger partial charge in [0.25, 0.3) is 5.09 Å². The first-order chi connectivity index (χ1) is 9.53. The van der Waals surface area contributed by atoms with Crippen molar-refractivity contribution in [3.63, 3.8) is 0 Å². The summed E-state index contributed by atoms with van der Waals surface area (Å²) in [6, 6.07) is 2.34. The Kier molecular flexibility index (Phi) is 5.17. The zero-order valence-electron chi connectivity index (χ0n) is 10.7. The number of nitrogens with zero attached hydrogens (tertiary/aromatic N) is 1. The third-order valence-corrected chi connectivity index (χ3v) is 2.16. The highest BCUT2D eigenvalue weighted by atomic mass is 17.0. The van der Waals surface area contributed by atoms with Crippen LogP contribution in [0.3, 0.4) is 0 Å². The van der Waals surface area contributed by atoms with Gasteiger partial charge in [-0.2, -0.15) is 0 Å². The average Bonchev–Trinajstić information content (AvgIpc) is 2.43. The van der Waals surface area contributed by atoms with Gasteiger partial charge in [-0.3, -0.25) is 4.84 Å². The van der Waals surface area contributed by atoms with E-state index < -0.39 is 11.1 Å². The number of hydrogen-bond acceptors (Lipinski definition) is 7. The van der Waals surface area contributed by atoms with E-state index in [0.29, 0.717) is 0 Å². The molecule has 106 valence electrons. The smallest absolute Gasteiger partial charge is 0.340 e. The molecule has 0 aliphatic carbocycles. The summed E-state index contributed by atoms with van der Waals surface area (Å²) < 4.78 is 14.7. The maximum Gasteiger partial charge on any atom is 0.340 e. The molecule has 1 rings (SSSR count). The van der Waals surface area contributed by atoms with Gasteiger partial charge >= 0.3 is 5.97 Å². The minimum atomic E-state index is -1.06. The van der Waals surface area contributed by atoms with Crippen molar-refractivity contribution < 1.29 is 28.9 Å². The molecule has 0 amide bonds. The van der Waals surface area contributed by atoms with Crippen LogP contribution in [-0.2, 0) is 4.74 Å². The van der Waals surface area contributed by atoms with Crippen molar-refractivity contribution in [2.24, 2.45) is 0 Å². The lowest BCUT2D eigenvalue weighted by molar-refractivity contribution is -0.711. The molecule has 0 bridgehead atoms. The summed E-state index contributed by atoms with van der Waals surface area (Å²) in [5.74, 6) is 1.35. The summed E-state index contributed by atoms with van der Waals surface area (Å²) in [4.78, 5) is 26.3. The van der Waals surface area contributed by atoms with Crippen LogP contribution in [0.4, 0.5) is 0 Å². The van der Waals surface area contributed by atoms with Crippen LogP contribution in [0.25, 0.3) is 0 Å². The molecule has 0 fully saturated rings. The van der Waals surface area contributed by atoms with Crippen LogP contribution in [-0.4, -0.2) is 31.9 Å². The Morgan fingerprint density at radius 3 is 2.55 bits per heavy atom. The van der Waals surface area contributed by atoms with Gasteiger partial charge in [0.2, 0.25) is 0 Å². The van der Waals surface area contributed by atoms with E-state index in [1.807, 2.05) is 0 Å². The van der Waals surface area contributed by atoms with E-state index in [-0.39, 0.29) is 29.4 Å². The molecule has 0 saturated carbocycles. The fourth-order valence-electron chi connectivity index (χ4n) is 1.36. The SMILES string of the molecule is C#CCOc1cc(O[N+](=O)[O-])c(C(=O)OC)cc1OC. The van der Waals surface area contributed by atoms with E-state index in [0.717, 1.165) is 13.2 Å². The van der Waals surface area contributed by atoms with E-state index in [2.05, 4.69) is 15.5 Å². The Morgan fingerprint density at radius 2 is 2.05 bits per heavy atom. The Balaban J connectivity index is 3.32. The first-order valence-electron chi connectivity index (χ1n) is 5.22. The summed E-state index contributed by atoms with van der Waals surface area (Å²) in [6.07, 6.45) is 5.06. The minimum absolute atomic E-state index is 0.0775. The summed E-state index contributed by atoms with van der Waals surface area (Å²) >= 11 is 0. The van der Waals surface area contributed by atoms with Crippen molar-refractivity contribution in [2.45, 2.75) is 0 Å². The topological polar surface area (TPSA) is 97.1 Å². The molecule has 20 heavy (non-hydrogen) atoms. The van der Waals surface area contributed by atoms with E-state index in [1.165, 1.54) is 13.2 Å². The highest BCUT2D eigenvalue weighted by Gasteiger charge is 2.20. The molecule has 8 heteroatoms. The van der Waals surface area contributed by atoms with Gasteiger partial charge in [-0.25, -0.2) is 4.79 Å². The minimum Gasteiger partial charge on any atom is -0.493 e. The van der Waals surface area contributed by atoms with Crippen molar-refractivity contribution in [1.29, 1.82) is 0 Å². The van der Waals surface area contributed by atoms with Crippen molar-refractivity contribution in [3.8, 4) is 29.6 Å². The third-order valence-electron chi connectivity index (χ3n) is 2.16. The van der Waals surface area contributed by atoms with Gasteiger partial charge in [-0.1, -0.05) is 5.92 Å². The van der Waals surface area contributed by atoms with Crippen LogP contribution in [0.1, 0.15) is 10.4 Å². The molecule has 0 radical (unpaired) electrons. The highest BCUT2D eigenvalue weighted by molar-refractivity contribution is 5.93. The Bertz CT molecular complexity index is 562. The molecule has 0 unspecified atom stereocenters. The molecule has 0 heterocycles.